The van der Waals surface area contributed by atoms with Crippen molar-refractivity contribution >= 4 is 11.3 Å². The van der Waals surface area contributed by atoms with Gasteiger partial charge in [-0.1, -0.05) is 30.3 Å². The molecule has 0 spiro atoms. The quantitative estimate of drug-likeness (QED) is 0.906. The zero-order valence-corrected chi connectivity index (χ0v) is 13.2. The van der Waals surface area contributed by atoms with Gasteiger partial charge in [0.25, 0.3) is 0 Å². The Balaban J connectivity index is 1.67. The number of rotatable bonds is 5. The molecule has 1 aliphatic carbocycles. The van der Waals surface area contributed by atoms with E-state index in [0.29, 0.717) is 6.04 Å². The van der Waals surface area contributed by atoms with Crippen molar-refractivity contribution in [3.05, 3.63) is 51.5 Å². The van der Waals surface area contributed by atoms with Gasteiger partial charge < -0.3 is 5.32 Å². The van der Waals surface area contributed by atoms with Crippen molar-refractivity contribution in [1.29, 1.82) is 0 Å². The predicted octanol–water partition coefficient (Wildman–Crippen LogP) is 3.69. The van der Waals surface area contributed by atoms with E-state index in [-0.39, 0.29) is 0 Å². The van der Waals surface area contributed by atoms with E-state index in [1.165, 1.54) is 27.6 Å². The Hall–Kier alpha value is -1.19. The van der Waals surface area contributed by atoms with Crippen LogP contribution in [0.15, 0.2) is 30.3 Å². The summed E-state index contributed by atoms with van der Waals surface area (Å²) in [5.74, 6) is 1.49. The van der Waals surface area contributed by atoms with Gasteiger partial charge in [0.2, 0.25) is 0 Å². The molecule has 0 bridgehead atoms. The molecule has 3 atom stereocenters. The minimum atomic E-state index is 0.546. The monoisotopic (exact) mass is 286 g/mol. The Kier molecular flexibility index (Phi) is 3.90. The summed E-state index contributed by atoms with van der Waals surface area (Å²) in [6.45, 7) is 4.27. The fourth-order valence-electron chi connectivity index (χ4n) is 3.02. The summed E-state index contributed by atoms with van der Waals surface area (Å²) in [7, 11) is 2.08. The van der Waals surface area contributed by atoms with Gasteiger partial charge in [-0.25, -0.2) is 4.98 Å². The molecule has 20 heavy (non-hydrogen) atoms. The lowest BCUT2D eigenvalue weighted by molar-refractivity contribution is 0.490. The molecule has 1 aromatic heterocycles. The van der Waals surface area contributed by atoms with Gasteiger partial charge in [0, 0.05) is 17.3 Å². The number of likely N-dealkylation sites (N-methyl/N-ethyl adjacent to an activating group) is 1. The van der Waals surface area contributed by atoms with Crippen molar-refractivity contribution in [2.75, 3.05) is 7.05 Å². The summed E-state index contributed by atoms with van der Waals surface area (Å²) in [6.07, 6.45) is 2.36. The minimum Gasteiger partial charge on any atom is -0.316 e. The molecule has 3 rings (SSSR count). The highest BCUT2D eigenvalue weighted by Gasteiger charge is 2.43. The summed E-state index contributed by atoms with van der Waals surface area (Å²) in [5, 5.41) is 4.78. The number of aryl methyl sites for hydroxylation is 2. The number of hydrogen-bond donors (Lipinski definition) is 1. The second-order valence-corrected chi connectivity index (χ2v) is 7.05. The minimum absolute atomic E-state index is 0.546. The van der Waals surface area contributed by atoms with Crippen LogP contribution in [0.1, 0.15) is 33.5 Å². The molecule has 3 heteroatoms. The van der Waals surface area contributed by atoms with Crippen LogP contribution >= 0.6 is 11.3 Å². The molecule has 0 radical (unpaired) electrons. The highest BCUT2D eigenvalue weighted by Crippen LogP contribution is 2.50. The van der Waals surface area contributed by atoms with Crippen LogP contribution in [0.25, 0.3) is 0 Å². The first kappa shape index (κ1) is 13.8. The maximum atomic E-state index is 4.68. The van der Waals surface area contributed by atoms with Gasteiger partial charge in [0.15, 0.2) is 0 Å². The van der Waals surface area contributed by atoms with Crippen molar-refractivity contribution in [3.63, 3.8) is 0 Å². The number of aromatic nitrogens is 1. The van der Waals surface area contributed by atoms with E-state index in [1.54, 1.807) is 0 Å². The molecule has 0 amide bonds. The summed E-state index contributed by atoms with van der Waals surface area (Å²) < 4.78 is 0. The Bertz CT molecular complexity index is 556. The van der Waals surface area contributed by atoms with E-state index in [1.807, 2.05) is 11.3 Å². The first-order valence-corrected chi connectivity index (χ1v) is 8.15. The molecule has 0 aliphatic heterocycles. The Morgan fingerprint density at radius 2 is 2.05 bits per heavy atom. The predicted molar refractivity (Wildman–Crippen MR) is 85.4 cm³/mol. The first-order chi connectivity index (χ1) is 9.69. The molecule has 1 saturated carbocycles. The maximum Gasteiger partial charge on any atom is 0.0946 e. The Morgan fingerprint density at radius 1 is 1.30 bits per heavy atom. The average Bonchev–Trinajstić information content (AvgIpc) is 3.19. The lowest BCUT2D eigenvalue weighted by Crippen LogP contribution is -2.30. The SMILES string of the molecule is CNC(Cc1nc(C)c(C)s1)C1CC1c1ccccc1. The van der Waals surface area contributed by atoms with Crippen molar-refractivity contribution < 1.29 is 0 Å². The average molecular weight is 286 g/mol. The van der Waals surface area contributed by atoms with E-state index in [4.69, 9.17) is 0 Å². The maximum absolute atomic E-state index is 4.68. The van der Waals surface area contributed by atoms with Crippen molar-refractivity contribution in [1.82, 2.24) is 10.3 Å². The topological polar surface area (TPSA) is 24.9 Å². The molecule has 0 saturated heterocycles. The van der Waals surface area contributed by atoms with Gasteiger partial charge in [0.1, 0.15) is 0 Å². The van der Waals surface area contributed by atoms with Gasteiger partial charge in [-0.15, -0.1) is 11.3 Å². The second kappa shape index (κ2) is 5.66. The number of nitrogens with one attached hydrogen (secondary N) is 1. The molecule has 1 aliphatic rings. The van der Waals surface area contributed by atoms with Crippen molar-refractivity contribution in [3.8, 4) is 0 Å². The van der Waals surface area contributed by atoms with Gasteiger partial charge in [-0.05, 0) is 44.7 Å². The van der Waals surface area contributed by atoms with Gasteiger partial charge in [-0.2, -0.15) is 0 Å². The molecule has 1 fully saturated rings. The van der Waals surface area contributed by atoms with Gasteiger partial charge >= 0.3 is 0 Å². The molecular formula is C17H22N2S. The van der Waals surface area contributed by atoms with E-state index in [2.05, 4.69) is 61.5 Å². The zero-order valence-electron chi connectivity index (χ0n) is 12.4. The lowest BCUT2D eigenvalue weighted by Gasteiger charge is -2.14. The zero-order chi connectivity index (χ0) is 14.1. The number of benzene rings is 1. The highest BCUT2D eigenvalue weighted by molar-refractivity contribution is 7.11. The van der Waals surface area contributed by atoms with E-state index in [0.717, 1.165) is 18.3 Å². The fourth-order valence-corrected chi connectivity index (χ4v) is 4.02. The first-order valence-electron chi connectivity index (χ1n) is 7.34. The Labute approximate surface area is 125 Å². The van der Waals surface area contributed by atoms with Crippen LogP contribution in [0.3, 0.4) is 0 Å². The number of hydrogen-bond acceptors (Lipinski definition) is 3. The molecule has 1 N–H and O–H groups in total. The molecule has 2 aromatic rings. The van der Waals surface area contributed by atoms with Crippen LogP contribution in [-0.4, -0.2) is 18.1 Å². The van der Waals surface area contributed by atoms with Crippen LogP contribution in [0.5, 0.6) is 0 Å². The van der Waals surface area contributed by atoms with Crippen LogP contribution in [0.2, 0.25) is 0 Å². The Morgan fingerprint density at radius 3 is 2.65 bits per heavy atom. The highest BCUT2D eigenvalue weighted by atomic mass is 32.1. The lowest BCUT2D eigenvalue weighted by atomic mass is 10.0. The summed E-state index contributed by atoms with van der Waals surface area (Å²) in [5.41, 5.74) is 2.68. The third-order valence-electron chi connectivity index (χ3n) is 4.42. The van der Waals surface area contributed by atoms with Crippen molar-refractivity contribution in [2.24, 2.45) is 5.92 Å². The smallest absolute Gasteiger partial charge is 0.0946 e. The standard InChI is InChI=1S/C17H22N2S/c1-11-12(2)20-17(19-11)10-16(18-3)15-9-14(15)13-7-5-4-6-8-13/h4-8,14-16,18H,9-10H2,1-3H3. The van der Waals surface area contributed by atoms with Crippen molar-refractivity contribution in [2.45, 2.75) is 38.6 Å². The van der Waals surface area contributed by atoms with Crippen LogP contribution in [-0.2, 0) is 6.42 Å². The van der Waals surface area contributed by atoms with Gasteiger partial charge in [-0.3, -0.25) is 0 Å². The molecule has 1 heterocycles. The van der Waals surface area contributed by atoms with Crippen LogP contribution < -0.4 is 5.32 Å². The third-order valence-corrected chi connectivity index (χ3v) is 5.52. The van der Waals surface area contributed by atoms with E-state index >= 15 is 0 Å². The molecule has 2 nitrogen and oxygen atoms in total. The molecule has 3 unspecified atom stereocenters. The van der Waals surface area contributed by atoms with Crippen LogP contribution in [0, 0.1) is 19.8 Å². The summed E-state index contributed by atoms with van der Waals surface area (Å²) in [4.78, 5) is 6.04. The van der Waals surface area contributed by atoms with Crippen LogP contribution in [0.4, 0.5) is 0 Å². The second-order valence-electron chi connectivity index (χ2n) is 5.77. The summed E-state index contributed by atoms with van der Waals surface area (Å²) in [6, 6.07) is 11.5. The number of thiazole rings is 1. The molecule has 106 valence electrons. The fraction of sp³-hybridized carbons (Fsp3) is 0.471. The molecular weight excluding hydrogens is 264 g/mol. The third kappa shape index (κ3) is 2.79. The normalized spacial score (nSPS) is 22.8. The molecule has 1 aromatic carbocycles. The number of nitrogens with zero attached hydrogens (tertiary/aromatic N) is 1. The largest absolute Gasteiger partial charge is 0.316 e. The van der Waals surface area contributed by atoms with Gasteiger partial charge in [0.05, 0.1) is 10.7 Å². The van der Waals surface area contributed by atoms with E-state index in [9.17, 15) is 0 Å². The summed E-state index contributed by atoms with van der Waals surface area (Å²) >= 11 is 1.85. The van der Waals surface area contributed by atoms with E-state index < -0.39 is 0 Å².